The van der Waals surface area contributed by atoms with E-state index in [-0.39, 0.29) is 23.2 Å². The topological polar surface area (TPSA) is 105 Å². The van der Waals surface area contributed by atoms with E-state index in [9.17, 15) is 13.2 Å². The number of sulfonamides is 1. The van der Waals surface area contributed by atoms with Crippen molar-refractivity contribution in [2.75, 3.05) is 31.5 Å². The van der Waals surface area contributed by atoms with E-state index in [0.29, 0.717) is 24.7 Å². The number of hydrogen-bond donors (Lipinski definition) is 3. The molecule has 0 saturated carbocycles. The first kappa shape index (κ1) is 19.9. The van der Waals surface area contributed by atoms with Gasteiger partial charge in [0, 0.05) is 44.3 Å². The summed E-state index contributed by atoms with van der Waals surface area (Å²) < 4.78 is 22.6. The lowest BCUT2D eigenvalue weighted by atomic mass is 10.2. The molecule has 2 rings (SSSR count). The third-order valence-electron chi connectivity index (χ3n) is 3.71. The Kier molecular flexibility index (Phi) is 7.43. The summed E-state index contributed by atoms with van der Waals surface area (Å²) >= 11 is 0. The minimum atomic E-state index is -3.76. The van der Waals surface area contributed by atoms with Crippen LogP contribution in [0.3, 0.4) is 0 Å². The largest absolute Gasteiger partial charge is 0.326 e. The van der Waals surface area contributed by atoms with E-state index < -0.39 is 10.0 Å². The van der Waals surface area contributed by atoms with Gasteiger partial charge in [0.25, 0.3) is 0 Å². The monoisotopic (exact) mass is 362 g/mol. The SMILES string of the molecule is C[C@@H]1CNCCN1CCC(=O)Nc1cccc(S(N)(=O)=O)c1.Cl. The molecule has 1 fully saturated rings. The molecule has 7 nitrogen and oxygen atoms in total. The van der Waals surface area contributed by atoms with Gasteiger partial charge < -0.3 is 10.6 Å². The van der Waals surface area contributed by atoms with Crippen molar-refractivity contribution in [3.8, 4) is 0 Å². The van der Waals surface area contributed by atoms with Crippen LogP contribution in [0.4, 0.5) is 5.69 Å². The van der Waals surface area contributed by atoms with E-state index in [1.807, 2.05) is 0 Å². The van der Waals surface area contributed by atoms with Gasteiger partial charge in [-0.15, -0.1) is 12.4 Å². The Bertz CT molecular complexity index is 639. The molecule has 0 radical (unpaired) electrons. The number of nitrogens with zero attached hydrogens (tertiary/aromatic N) is 1. The summed E-state index contributed by atoms with van der Waals surface area (Å²) in [5, 5.41) is 11.1. The number of nitrogens with one attached hydrogen (secondary N) is 2. The quantitative estimate of drug-likeness (QED) is 0.702. The van der Waals surface area contributed by atoms with Crippen LogP contribution in [0, 0.1) is 0 Å². The van der Waals surface area contributed by atoms with E-state index in [0.717, 1.165) is 19.6 Å². The average Bonchev–Trinajstić information content (AvgIpc) is 2.46. The molecule has 1 amide bonds. The zero-order valence-electron chi connectivity index (χ0n) is 13.0. The summed E-state index contributed by atoms with van der Waals surface area (Å²) in [5.74, 6) is -0.141. The number of carbonyl (C=O) groups excluding carboxylic acids is 1. The summed E-state index contributed by atoms with van der Waals surface area (Å²) in [5.41, 5.74) is 0.435. The Morgan fingerprint density at radius 2 is 2.22 bits per heavy atom. The van der Waals surface area contributed by atoms with Crippen molar-refractivity contribution < 1.29 is 13.2 Å². The molecule has 0 aliphatic carbocycles. The standard InChI is InChI=1S/C14H22N4O3S.ClH/c1-11-10-16-6-8-18(11)7-5-14(19)17-12-3-2-4-13(9-12)22(15,20)21;/h2-4,9,11,16H,5-8,10H2,1H3,(H,17,19)(H2,15,20,21);1H/t11-;/m1./s1. The van der Waals surface area contributed by atoms with Crippen molar-refractivity contribution in [3.63, 3.8) is 0 Å². The van der Waals surface area contributed by atoms with Crippen LogP contribution in [0.5, 0.6) is 0 Å². The van der Waals surface area contributed by atoms with Gasteiger partial charge in [-0.05, 0) is 25.1 Å². The Hall–Kier alpha value is -1.19. The maximum absolute atomic E-state index is 12.0. The molecule has 1 atom stereocenters. The van der Waals surface area contributed by atoms with Crippen molar-refractivity contribution in [2.24, 2.45) is 5.14 Å². The van der Waals surface area contributed by atoms with Crippen molar-refractivity contribution in [1.82, 2.24) is 10.2 Å². The third kappa shape index (κ3) is 6.08. The number of halogens is 1. The number of primary sulfonamides is 1. The molecular formula is C14H23ClN4O3S. The second-order valence-electron chi connectivity index (χ2n) is 5.46. The van der Waals surface area contributed by atoms with Gasteiger partial charge in [0.2, 0.25) is 15.9 Å². The van der Waals surface area contributed by atoms with Gasteiger partial charge in [-0.3, -0.25) is 9.69 Å². The van der Waals surface area contributed by atoms with Crippen LogP contribution < -0.4 is 15.8 Å². The third-order valence-corrected chi connectivity index (χ3v) is 4.62. The Balaban J connectivity index is 0.00000264. The van der Waals surface area contributed by atoms with Crippen LogP contribution in [0.25, 0.3) is 0 Å². The van der Waals surface area contributed by atoms with Crippen molar-refractivity contribution in [1.29, 1.82) is 0 Å². The van der Waals surface area contributed by atoms with Crippen molar-refractivity contribution in [3.05, 3.63) is 24.3 Å². The lowest BCUT2D eigenvalue weighted by molar-refractivity contribution is -0.116. The van der Waals surface area contributed by atoms with Crippen LogP contribution >= 0.6 is 12.4 Å². The molecule has 0 unspecified atom stereocenters. The Morgan fingerprint density at radius 3 is 2.87 bits per heavy atom. The molecule has 4 N–H and O–H groups in total. The molecule has 23 heavy (non-hydrogen) atoms. The van der Waals surface area contributed by atoms with Crippen LogP contribution in [-0.2, 0) is 14.8 Å². The smallest absolute Gasteiger partial charge is 0.238 e. The second kappa shape index (κ2) is 8.60. The highest BCUT2D eigenvalue weighted by Crippen LogP contribution is 2.14. The molecule has 130 valence electrons. The lowest BCUT2D eigenvalue weighted by Gasteiger charge is -2.33. The zero-order chi connectivity index (χ0) is 16.2. The fourth-order valence-electron chi connectivity index (χ4n) is 2.43. The molecule has 9 heteroatoms. The van der Waals surface area contributed by atoms with Gasteiger partial charge in [0.15, 0.2) is 0 Å². The number of benzene rings is 1. The molecule has 1 aromatic rings. The van der Waals surface area contributed by atoms with E-state index >= 15 is 0 Å². The first-order chi connectivity index (χ1) is 10.4. The van der Waals surface area contributed by atoms with Crippen LogP contribution in [0.1, 0.15) is 13.3 Å². The van der Waals surface area contributed by atoms with Crippen LogP contribution in [0.15, 0.2) is 29.2 Å². The van der Waals surface area contributed by atoms with E-state index in [1.54, 1.807) is 12.1 Å². The normalized spacial score (nSPS) is 19.0. The maximum atomic E-state index is 12.0. The summed E-state index contributed by atoms with van der Waals surface area (Å²) in [6.45, 7) is 5.60. The Morgan fingerprint density at radius 1 is 1.48 bits per heavy atom. The number of anilines is 1. The molecular weight excluding hydrogens is 340 g/mol. The lowest BCUT2D eigenvalue weighted by Crippen LogP contribution is -2.50. The number of piperazine rings is 1. The number of rotatable bonds is 5. The number of nitrogens with two attached hydrogens (primary N) is 1. The summed E-state index contributed by atoms with van der Waals surface area (Å²) in [4.78, 5) is 14.2. The molecule has 0 spiro atoms. The van der Waals surface area contributed by atoms with E-state index in [1.165, 1.54) is 12.1 Å². The predicted octanol–water partition coefficient (Wildman–Crippen LogP) is 0.378. The molecule has 1 aromatic carbocycles. The molecule has 1 aliphatic heterocycles. The number of carbonyl (C=O) groups is 1. The zero-order valence-corrected chi connectivity index (χ0v) is 14.6. The predicted molar refractivity (Wildman–Crippen MR) is 92.2 cm³/mol. The molecule has 1 heterocycles. The van der Waals surface area contributed by atoms with Gasteiger partial charge in [0.1, 0.15) is 0 Å². The highest BCUT2D eigenvalue weighted by atomic mass is 35.5. The van der Waals surface area contributed by atoms with Gasteiger partial charge in [-0.1, -0.05) is 6.07 Å². The van der Waals surface area contributed by atoms with Gasteiger partial charge in [-0.2, -0.15) is 0 Å². The summed E-state index contributed by atoms with van der Waals surface area (Å²) in [6.07, 6.45) is 0.365. The van der Waals surface area contributed by atoms with Gasteiger partial charge in [0.05, 0.1) is 4.90 Å². The van der Waals surface area contributed by atoms with Gasteiger partial charge in [-0.25, -0.2) is 13.6 Å². The molecule has 1 saturated heterocycles. The average molecular weight is 363 g/mol. The van der Waals surface area contributed by atoms with Crippen molar-refractivity contribution in [2.45, 2.75) is 24.3 Å². The van der Waals surface area contributed by atoms with Crippen LogP contribution in [-0.4, -0.2) is 51.4 Å². The first-order valence-electron chi connectivity index (χ1n) is 7.24. The van der Waals surface area contributed by atoms with Gasteiger partial charge >= 0.3 is 0 Å². The molecule has 0 bridgehead atoms. The number of hydrogen-bond acceptors (Lipinski definition) is 5. The highest BCUT2D eigenvalue weighted by molar-refractivity contribution is 7.89. The minimum absolute atomic E-state index is 0. The highest BCUT2D eigenvalue weighted by Gasteiger charge is 2.18. The second-order valence-corrected chi connectivity index (χ2v) is 7.02. The Labute approximate surface area is 143 Å². The summed E-state index contributed by atoms with van der Waals surface area (Å²) in [7, 11) is -3.76. The number of amides is 1. The fourth-order valence-corrected chi connectivity index (χ4v) is 2.99. The minimum Gasteiger partial charge on any atom is -0.326 e. The fraction of sp³-hybridized carbons (Fsp3) is 0.500. The summed E-state index contributed by atoms with van der Waals surface area (Å²) in [6, 6.07) is 6.36. The first-order valence-corrected chi connectivity index (χ1v) is 8.78. The van der Waals surface area contributed by atoms with Crippen molar-refractivity contribution >= 4 is 34.0 Å². The van der Waals surface area contributed by atoms with Crippen LogP contribution in [0.2, 0.25) is 0 Å². The molecule has 0 aromatic heterocycles. The van der Waals surface area contributed by atoms with E-state index in [4.69, 9.17) is 5.14 Å². The molecule has 1 aliphatic rings. The van der Waals surface area contributed by atoms with E-state index in [2.05, 4.69) is 22.5 Å². The maximum Gasteiger partial charge on any atom is 0.238 e.